The Kier molecular flexibility index (Phi) is 4.93. The molecule has 4 nitrogen and oxygen atoms in total. The number of nitrogens with zero attached hydrogens (tertiary/aromatic N) is 1. The molecule has 2 aromatic rings. The molecule has 0 atom stereocenters. The average molecular weight is 345 g/mol. The Bertz CT molecular complexity index is 741. The predicted molar refractivity (Wildman–Crippen MR) is 88.2 cm³/mol. The summed E-state index contributed by atoms with van der Waals surface area (Å²) < 4.78 is 27.7. The molecule has 2 N–H and O–H groups in total. The maximum absolute atomic E-state index is 12.8. The van der Waals surface area contributed by atoms with E-state index in [0.717, 1.165) is 4.88 Å². The van der Waals surface area contributed by atoms with E-state index in [2.05, 4.69) is 0 Å². The third kappa shape index (κ3) is 3.58. The van der Waals surface area contributed by atoms with Crippen LogP contribution in [-0.4, -0.2) is 19.3 Å². The predicted octanol–water partition coefficient (Wildman–Crippen LogP) is 3.50. The van der Waals surface area contributed by atoms with Crippen LogP contribution in [0.4, 0.5) is 5.69 Å². The molecular weight excluding hydrogens is 328 g/mol. The van der Waals surface area contributed by atoms with Crippen molar-refractivity contribution in [3.8, 4) is 0 Å². The zero-order chi connectivity index (χ0) is 15.6. The first-order valence-electron chi connectivity index (χ1n) is 6.45. The molecular formula is C14H17ClN2O2S2. The molecule has 21 heavy (non-hydrogen) atoms. The summed E-state index contributed by atoms with van der Waals surface area (Å²) in [5.41, 5.74) is 6.85. The molecule has 0 aliphatic heterocycles. The van der Waals surface area contributed by atoms with Crippen molar-refractivity contribution in [3.05, 3.63) is 45.1 Å². The minimum atomic E-state index is -3.58. The highest BCUT2D eigenvalue weighted by Gasteiger charge is 2.25. The zero-order valence-electron chi connectivity index (χ0n) is 11.8. The molecule has 1 heterocycles. The lowest BCUT2D eigenvalue weighted by Gasteiger charge is -2.21. The van der Waals surface area contributed by atoms with Crippen LogP contribution in [0.15, 0.2) is 35.2 Å². The van der Waals surface area contributed by atoms with Gasteiger partial charge in [-0.3, -0.25) is 0 Å². The summed E-state index contributed by atoms with van der Waals surface area (Å²) in [5, 5.41) is 0. The van der Waals surface area contributed by atoms with Gasteiger partial charge in [-0.1, -0.05) is 24.6 Å². The minimum Gasteiger partial charge on any atom is -0.399 e. The van der Waals surface area contributed by atoms with Gasteiger partial charge in [-0.25, -0.2) is 8.42 Å². The van der Waals surface area contributed by atoms with Crippen molar-refractivity contribution in [2.75, 3.05) is 12.3 Å². The Morgan fingerprint density at radius 3 is 2.57 bits per heavy atom. The number of rotatable bonds is 5. The van der Waals surface area contributed by atoms with E-state index in [0.29, 0.717) is 28.7 Å². The fraction of sp³-hybridized carbons (Fsp3) is 0.286. The molecule has 0 saturated heterocycles. The van der Waals surface area contributed by atoms with Crippen LogP contribution in [-0.2, 0) is 16.6 Å². The molecule has 0 unspecified atom stereocenters. The quantitative estimate of drug-likeness (QED) is 0.844. The van der Waals surface area contributed by atoms with Crippen LogP contribution >= 0.6 is 22.9 Å². The molecule has 2 rings (SSSR count). The number of nitrogen functional groups attached to an aromatic ring is 1. The van der Waals surface area contributed by atoms with Gasteiger partial charge < -0.3 is 5.73 Å². The Balaban J connectivity index is 2.37. The van der Waals surface area contributed by atoms with Gasteiger partial charge in [0.15, 0.2) is 0 Å². The van der Waals surface area contributed by atoms with E-state index < -0.39 is 10.0 Å². The molecule has 0 saturated carbocycles. The normalized spacial score (nSPS) is 12.0. The van der Waals surface area contributed by atoms with Crippen LogP contribution in [0.2, 0.25) is 4.34 Å². The van der Waals surface area contributed by atoms with E-state index >= 15 is 0 Å². The highest BCUT2D eigenvalue weighted by Crippen LogP contribution is 2.27. The third-order valence-corrected chi connectivity index (χ3v) is 6.42. The second-order valence-corrected chi connectivity index (χ2v) is 8.37. The van der Waals surface area contributed by atoms with Crippen LogP contribution in [0.5, 0.6) is 0 Å². The molecule has 0 spiro atoms. The van der Waals surface area contributed by atoms with Crippen LogP contribution in [0.25, 0.3) is 0 Å². The van der Waals surface area contributed by atoms with Crippen LogP contribution in [0.1, 0.15) is 17.4 Å². The molecule has 1 aromatic carbocycles. The van der Waals surface area contributed by atoms with Crippen LogP contribution in [0.3, 0.4) is 0 Å². The monoisotopic (exact) mass is 344 g/mol. The SMILES string of the molecule is CCN(Cc1ccc(Cl)s1)S(=O)(=O)c1cc(N)ccc1C. The number of nitrogens with two attached hydrogens (primary N) is 1. The number of halogens is 1. The first-order chi connectivity index (χ1) is 9.84. The van der Waals surface area contributed by atoms with Crippen molar-refractivity contribution >= 4 is 38.6 Å². The number of hydrogen-bond donors (Lipinski definition) is 1. The Morgan fingerprint density at radius 2 is 2.00 bits per heavy atom. The van der Waals surface area contributed by atoms with Gasteiger partial charge in [0, 0.05) is 23.7 Å². The van der Waals surface area contributed by atoms with E-state index in [4.69, 9.17) is 17.3 Å². The Morgan fingerprint density at radius 1 is 1.29 bits per heavy atom. The van der Waals surface area contributed by atoms with Gasteiger partial charge in [-0.15, -0.1) is 11.3 Å². The zero-order valence-corrected chi connectivity index (χ0v) is 14.2. The van der Waals surface area contributed by atoms with Crippen molar-refractivity contribution < 1.29 is 8.42 Å². The van der Waals surface area contributed by atoms with E-state index in [1.807, 2.05) is 13.0 Å². The van der Waals surface area contributed by atoms with E-state index in [1.54, 1.807) is 25.1 Å². The molecule has 0 fully saturated rings. The highest BCUT2D eigenvalue weighted by molar-refractivity contribution is 7.89. The number of benzene rings is 1. The maximum atomic E-state index is 12.8. The topological polar surface area (TPSA) is 63.4 Å². The van der Waals surface area contributed by atoms with Crippen molar-refractivity contribution in [3.63, 3.8) is 0 Å². The van der Waals surface area contributed by atoms with E-state index in [9.17, 15) is 8.42 Å². The largest absolute Gasteiger partial charge is 0.399 e. The van der Waals surface area contributed by atoms with E-state index in [1.165, 1.54) is 21.7 Å². The number of thiophene rings is 1. The van der Waals surface area contributed by atoms with Gasteiger partial charge in [-0.2, -0.15) is 4.31 Å². The van der Waals surface area contributed by atoms with Gasteiger partial charge >= 0.3 is 0 Å². The van der Waals surface area contributed by atoms with Gasteiger partial charge in [0.25, 0.3) is 0 Å². The van der Waals surface area contributed by atoms with Crippen molar-refractivity contribution in [2.45, 2.75) is 25.3 Å². The molecule has 7 heteroatoms. The number of aryl methyl sites for hydroxylation is 1. The van der Waals surface area contributed by atoms with Crippen molar-refractivity contribution in [1.82, 2.24) is 4.31 Å². The van der Waals surface area contributed by atoms with E-state index in [-0.39, 0.29) is 4.90 Å². The summed E-state index contributed by atoms with van der Waals surface area (Å²) in [6.07, 6.45) is 0. The Hall–Kier alpha value is -1.08. The van der Waals surface area contributed by atoms with Crippen LogP contribution in [0, 0.1) is 6.92 Å². The molecule has 114 valence electrons. The van der Waals surface area contributed by atoms with Crippen molar-refractivity contribution in [1.29, 1.82) is 0 Å². The first-order valence-corrected chi connectivity index (χ1v) is 9.08. The Labute approximate surface area is 134 Å². The van der Waals surface area contributed by atoms with Crippen LogP contribution < -0.4 is 5.73 Å². The maximum Gasteiger partial charge on any atom is 0.243 e. The average Bonchev–Trinajstić information content (AvgIpc) is 2.84. The molecule has 0 radical (unpaired) electrons. The fourth-order valence-electron chi connectivity index (χ4n) is 2.01. The molecule has 0 bridgehead atoms. The second kappa shape index (κ2) is 6.36. The summed E-state index contributed by atoms with van der Waals surface area (Å²) in [7, 11) is -3.58. The van der Waals surface area contributed by atoms with Crippen molar-refractivity contribution in [2.24, 2.45) is 0 Å². The molecule has 0 aliphatic carbocycles. The highest BCUT2D eigenvalue weighted by atomic mass is 35.5. The van der Waals surface area contributed by atoms with Gasteiger partial charge in [0.1, 0.15) is 0 Å². The lowest BCUT2D eigenvalue weighted by atomic mass is 10.2. The van der Waals surface area contributed by atoms with Gasteiger partial charge in [-0.05, 0) is 36.8 Å². The standard InChI is InChI=1S/C14H17ClN2O2S2/c1-3-17(9-12-6-7-14(15)20-12)21(18,19)13-8-11(16)5-4-10(13)2/h4-8H,3,9,16H2,1-2H3. The third-order valence-electron chi connectivity index (χ3n) is 3.14. The fourth-order valence-corrected chi connectivity index (χ4v) is 4.88. The van der Waals surface area contributed by atoms with Gasteiger partial charge in [0.05, 0.1) is 9.23 Å². The minimum absolute atomic E-state index is 0.256. The summed E-state index contributed by atoms with van der Waals surface area (Å²) >= 11 is 7.28. The number of anilines is 1. The lowest BCUT2D eigenvalue weighted by molar-refractivity contribution is 0.426. The molecule has 0 amide bonds. The summed E-state index contributed by atoms with van der Waals surface area (Å²) in [4.78, 5) is 1.17. The number of hydrogen-bond acceptors (Lipinski definition) is 4. The smallest absolute Gasteiger partial charge is 0.243 e. The summed E-state index contributed by atoms with van der Waals surface area (Å²) in [5.74, 6) is 0. The lowest BCUT2D eigenvalue weighted by Crippen LogP contribution is -2.30. The summed E-state index contributed by atoms with van der Waals surface area (Å²) in [6.45, 7) is 4.27. The molecule has 1 aromatic heterocycles. The first kappa shape index (κ1) is 16.3. The molecule has 0 aliphatic rings. The number of sulfonamides is 1. The van der Waals surface area contributed by atoms with Gasteiger partial charge in [0.2, 0.25) is 10.0 Å². The summed E-state index contributed by atoms with van der Waals surface area (Å²) in [6, 6.07) is 8.54. The second-order valence-electron chi connectivity index (χ2n) is 4.66.